The predicted molar refractivity (Wildman–Crippen MR) is 135 cm³/mol. The number of aryl methyl sites for hydroxylation is 1. The van der Waals surface area contributed by atoms with E-state index in [1.54, 1.807) is 34.7 Å². The van der Waals surface area contributed by atoms with E-state index in [9.17, 15) is 18.8 Å². The average molecular weight is 494 g/mol. The van der Waals surface area contributed by atoms with Crippen LogP contribution in [0.2, 0.25) is 0 Å². The zero-order chi connectivity index (χ0) is 26.4. The van der Waals surface area contributed by atoms with Crippen LogP contribution in [-0.4, -0.2) is 34.4 Å². The predicted octanol–water partition coefficient (Wildman–Crippen LogP) is 3.97. The number of aromatic nitrogens is 2. The summed E-state index contributed by atoms with van der Waals surface area (Å²) in [6, 6.07) is 9.96. The molecule has 0 saturated carbocycles. The van der Waals surface area contributed by atoms with Gasteiger partial charge in [-0.3, -0.25) is 14.9 Å². The molecule has 3 aromatic rings. The van der Waals surface area contributed by atoms with Crippen LogP contribution in [0.3, 0.4) is 0 Å². The number of hydrogen-bond donors (Lipinski definition) is 3. The summed E-state index contributed by atoms with van der Waals surface area (Å²) in [7, 11) is 1.70. The third-order valence-corrected chi connectivity index (χ3v) is 5.94. The van der Waals surface area contributed by atoms with Gasteiger partial charge in [-0.05, 0) is 49.2 Å². The summed E-state index contributed by atoms with van der Waals surface area (Å²) in [6.07, 6.45) is 1.46. The van der Waals surface area contributed by atoms with E-state index in [1.165, 1.54) is 12.1 Å². The van der Waals surface area contributed by atoms with Crippen molar-refractivity contribution in [3.05, 3.63) is 47.8 Å². The summed E-state index contributed by atoms with van der Waals surface area (Å²) in [6.45, 7) is 4.08. The highest BCUT2D eigenvalue weighted by Gasteiger charge is 2.21. The Morgan fingerprint density at radius 3 is 2.50 bits per heavy atom. The van der Waals surface area contributed by atoms with Gasteiger partial charge in [0.1, 0.15) is 5.82 Å². The maximum atomic E-state index is 14.2. The Morgan fingerprint density at radius 1 is 1.17 bits per heavy atom. The number of carbonyl (C=O) groups excluding carboxylic acids is 3. The number of primary amides is 1. The first-order valence-electron chi connectivity index (χ1n) is 11.5. The molecule has 0 aliphatic heterocycles. The van der Waals surface area contributed by atoms with Gasteiger partial charge < -0.3 is 20.5 Å². The molecule has 0 fully saturated rings. The Morgan fingerprint density at radius 2 is 1.89 bits per heavy atom. The smallest absolute Gasteiger partial charge is 0.326 e. The summed E-state index contributed by atoms with van der Waals surface area (Å²) in [5, 5.41) is 13.8. The lowest BCUT2D eigenvalue weighted by molar-refractivity contribution is -0.122. The number of nitrogens with one attached hydrogen (secondary N) is 2. The molecule has 1 heterocycles. The third-order valence-electron chi connectivity index (χ3n) is 5.94. The molecule has 0 aliphatic carbocycles. The molecule has 0 spiro atoms. The minimum atomic E-state index is -0.768. The molecular formula is C25H28FN7O3. The van der Waals surface area contributed by atoms with Crippen molar-refractivity contribution in [3.63, 3.8) is 0 Å². The van der Waals surface area contributed by atoms with Crippen LogP contribution in [0.1, 0.15) is 38.7 Å². The summed E-state index contributed by atoms with van der Waals surface area (Å²) < 4.78 is 15.8. The Kier molecular flexibility index (Phi) is 8.22. The van der Waals surface area contributed by atoms with Gasteiger partial charge in [-0.25, -0.2) is 14.2 Å². The molecule has 0 bridgehead atoms. The fourth-order valence-electron chi connectivity index (χ4n) is 3.85. The molecule has 0 saturated heterocycles. The topological polar surface area (TPSA) is 146 Å². The van der Waals surface area contributed by atoms with E-state index in [1.807, 2.05) is 19.9 Å². The van der Waals surface area contributed by atoms with E-state index in [0.29, 0.717) is 16.7 Å². The number of urea groups is 1. The van der Waals surface area contributed by atoms with E-state index in [-0.39, 0.29) is 42.0 Å². The number of nitriles is 1. The molecule has 188 valence electrons. The van der Waals surface area contributed by atoms with Gasteiger partial charge >= 0.3 is 6.03 Å². The van der Waals surface area contributed by atoms with E-state index in [2.05, 4.69) is 15.6 Å². The number of nitrogens with two attached hydrogens (primary N) is 1. The summed E-state index contributed by atoms with van der Waals surface area (Å²) in [4.78, 5) is 42.9. The number of rotatable bonds is 9. The van der Waals surface area contributed by atoms with Crippen LogP contribution in [0, 0.1) is 23.1 Å². The first kappa shape index (κ1) is 26.2. The maximum absolute atomic E-state index is 14.2. The number of hydrogen-bond acceptors (Lipinski definition) is 5. The number of carbonyl (C=O) groups is 3. The second-order valence-corrected chi connectivity index (χ2v) is 8.27. The van der Waals surface area contributed by atoms with Crippen molar-refractivity contribution >= 4 is 46.2 Å². The highest BCUT2D eigenvalue weighted by molar-refractivity contribution is 6.00. The van der Waals surface area contributed by atoms with Crippen molar-refractivity contribution in [1.82, 2.24) is 9.55 Å². The minimum Gasteiger partial charge on any atom is -0.370 e. The van der Waals surface area contributed by atoms with E-state index in [0.717, 1.165) is 18.9 Å². The molecule has 4 N–H and O–H groups in total. The number of imidazole rings is 1. The van der Waals surface area contributed by atoms with Gasteiger partial charge in [-0.15, -0.1) is 0 Å². The molecule has 10 nitrogen and oxygen atoms in total. The largest absolute Gasteiger partial charge is 0.370 e. The number of halogens is 1. The summed E-state index contributed by atoms with van der Waals surface area (Å²) in [5.41, 5.74) is 7.06. The fraction of sp³-hybridized carbons (Fsp3) is 0.320. The van der Waals surface area contributed by atoms with E-state index < -0.39 is 17.8 Å². The SMILES string of the molecule is CCC(CC)C(=O)N(C)c1ccc2c(c1)nc(NC(=O)Nc1ccc(C#N)cc1F)n2CCC(N)=O. The Hall–Kier alpha value is -4.46. The van der Waals surface area contributed by atoms with Crippen molar-refractivity contribution in [2.45, 2.75) is 39.7 Å². The van der Waals surface area contributed by atoms with Crippen LogP contribution < -0.4 is 21.3 Å². The van der Waals surface area contributed by atoms with Crippen molar-refractivity contribution in [1.29, 1.82) is 5.26 Å². The van der Waals surface area contributed by atoms with Crippen LogP contribution in [0.4, 0.5) is 26.5 Å². The zero-order valence-corrected chi connectivity index (χ0v) is 20.3. The van der Waals surface area contributed by atoms with Crippen molar-refractivity contribution in [3.8, 4) is 6.07 Å². The molecule has 4 amide bonds. The second-order valence-electron chi connectivity index (χ2n) is 8.27. The van der Waals surface area contributed by atoms with Crippen molar-refractivity contribution < 1.29 is 18.8 Å². The molecule has 11 heteroatoms. The number of benzene rings is 2. The van der Waals surface area contributed by atoms with Crippen LogP contribution >= 0.6 is 0 Å². The molecular weight excluding hydrogens is 465 g/mol. The fourth-order valence-corrected chi connectivity index (χ4v) is 3.85. The van der Waals surface area contributed by atoms with Crippen molar-refractivity contribution in [2.24, 2.45) is 11.7 Å². The molecule has 3 rings (SSSR count). The van der Waals surface area contributed by atoms with Crippen LogP contribution in [-0.2, 0) is 16.1 Å². The molecule has 36 heavy (non-hydrogen) atoms. The highest BCUT2D eigenvalue weighted by Crippen LogP contribution is 2.27. The Labute approximate surface area is 207 Å². The molecule has 2 aromatic carbocycles. The normalized spacial score (nSPS) is 10.8. The second kappa shape index (κ2) is 11.3. The standard InChI is InChI=1S/C25H28FN7O3/c1-4-16(5-2)23(35)32(3)17-7-9-21-20(13-17)29-24(33(21)11-10-22(28)34)31-25(36)30-19-8-6-15(14-27)12-18(19)26/h6-9,12-13,16H,4-5,10-11H2,1-3H3,(H2,28,34)(H2,29,30,31,36). The van der Waals surface area contributed by atoms with Crippen molar-refractivity contribution in [2.75, 3.05) is 22.6 Å². The van der Waals surface area contributed by atoms with Gasteiger partial charge in [0.25, 0.3) is 0 Å². The number of fused-ring (bicyclic) bond motifs is 1. The molecule has 1 aromatic heterocycles. The Balaban J connectivity index is 1.91. The zero-order valence-electron chi connectivity index (χ0n) is 20.3. The monoisotopic (exact) mass is 493 g/mol. The van der Waals surface area contributed by atoms with E-state index in [4.69, 9.17) is 11.0 Å². The first-order chi connectivity index (χ1) is 17.2. The maximum Gasteiger partial charge on any atom is 0.326 e. The van der Waals surface area contributed by atoms with E-state index >= 15 is 0 Å². The summed E-state index contributed by atoms with van der Waals surface area (Å²) >= 11 is 0. The number of anilines is 3. The van der Waals surface area contributed by atoms with Gasteiger partial charge in [0.05, 0.1) is 28.4 Å². The lowest BCUT2D eigenvalue weighted by Crippen LogP contribution is -2.32. The lowest BCUT2D eigenvalue weighted by Gasteiger charge is -2.22. The van der Waals surface area contributed by atoms with Gasteiger partial charge in [-0.2, -0.15) is 5.26 Å². The molecule has 0 aliphatic rings. The van der Waals surface area contributed by atoms with Crippen LogP contribution in [0.15, 0.2) is 36.4 Å². The molecule has 0 unspecified atom stereocenters. The number of amides is 4. The van der Waals surface area contributed by atoms with Gasteiger partial charge in [0.2, 0.25) is 17.8 Å². The number of nitrogens with zero attached hydrogens (tertiary/aromatic N) is 4. The highest BCUT2D eigenvalue weighted by atomic mass is 19.1. The van der Waals surface area contributed by atoms with Gasteiger partial charge in [-0.1, -0.05) is 13.8 Å². The van der Waals surface area contributed by atoms with Gasteiger partial charge in [0.15, 0.2) is 0 Å². The van der Waals surface area contributed by atoms with Gasteiger partial charge in [0, 0.05) is 31.6 Å². The average Bonchev–Trinajstić information content (AvgIpc) is 3.19. The lowest BCUT2D eigenvalue weighted by atomic mass is 10.0. The Bertz CT molecular complexity index is 1340. The molecule has 0 radical (unpaired) electrons. The summed E-state index contributed by atoms with van der Waals surface area (Å²) in [5.74, 6) is -1.28. The molecule has 0 atom stereocenters. The minimum absolute atomic E-state index is 0.000823. The third kappa shape index (κ3) is 5.78. The quantitative estimate of drug-likeness (QED) is 0.413. The van der Waals surface area contributed by atoms with Crippen LogP contribution in [0.5, 0.6) is 0 Å². The van der Waals surface area contributed by atoms with Crippen LogP contribution in [0.25, 0.3) is 11.0 Å². The first-order valence-corrected chi connectivity index (χ1v) is 11.5.